The SMILES string of the molecule is CCC(C)C(C(CC(=O)N1CCCC1C(OC)C(C)C)OC)N(C)C(=O)CNC(=O)C(C)(C)N(C)CCOCCOCCOCCON. The maximum Gasteiger partial charge on any atom is 0.242 e. The number of rotatable bonds is 26. The highest BCUT2D eigenvalue weighted by molar-refractivity contribution is 5.89. The summed E-state index contributed by atoms with van der Waals surface area (Å²) in [5.41, 5.74) is -0.886. The highest BCUT2D eigenvalue weighted by Crippen LogP contribution is 2.29. The molecule has 5 unspecified atom stereocenters. The van der Waals surface area contributed by atoms with Crippen LogP contribution in [0.15, 0.2) is 0 Å². The number of nitrogens with one attached hydrogen (secondary N) is 1. The van der Waals surface area contributed by atoms with Crippen molar-refractivity contribution in [1.82, 2.24) is 20.0 Å². The Morgan fingerprint density at radius 1 is 0.938 bits per heavy atom. The molecule has 1 aliphatic rings. The summed E-state index contributed by atoms with van der Waals surface area (Å²) in [6.07, 6.45) is 2.25. The molecule has 0 aromatic heterocycles. The van der Waals surface area contributed by atoms with Crippen LogP contribution in [0.25, 0.3) is 0 Å². The minimum atomic E-state index is -0.886. The normalized spacial score (nSPS) is 17.9. The van der Waals surface area contributed by atoms with Gasteiger partial charge in [-0.05, 0) is 45.6 Å². The number of amides is 3. The van der Waals surface area contributed by atoms with E-state index in [1.165, 1.54) is 0 Å². The number of ether oxygens (including phenoxy) is 5. The molecule has 0 bridgehead atoms. The van der Waals surface area contributed by atoms with Crippen molar-refractivity contribution in [3.05, 3.63) is 0 Å². The summed E-state index contributed by atoms with van der Waals surface area (Å²) in [6, 6.07) is -0.328. The molecule has 0 radical (unpaired) electrons. The highest BCUT2D eigenvalue weighted by atomic mass is 16.6. The third-order valence-electron chi connectivity index (χ3n) is 9.63. The quantitative estimate of drug-likeness (QED) is 0.101. The van der Waals surface area contributed by atoms with Crippen LogP contribution in [0, 0.1) is 11.8 Å². The minimum absolute atomic E-state index is 0.00960. The van der Waals surface area contributed by atoms with Crippen molar-refractivity contribution in [2.24, 2.45) is 17.7 Å². The predicted octanol–water partition coefficient (Wildman–Crippen LogP) is 1.69. The number of nitrogens with two attached hydrogens (primary N) is 1. The molecule has 3 N–H and O–H groups in total. The first-order valence-electron chi connectivity index (χ1n) is 17.4. The van der Waals surface area contributed by atoms with Gasteiger partial charge in [0.25, 0.3) is 0 Å². The molecule has 14 nitrogen and oxygen atoms in total. The fourth-order valence-corrected chi connectivity index (χ4v) is 6.16. The molecule has 48 heavy (non-hydrogen) atoms. The predicted molar refractivity (Wildman–Crippen MR) is 184 cm³/mol. The Hall–Kier alpha value is -1.91. The summed E-state index contributed by atoms with van der Waals surface area (Å²) < 4.78 is 28.1. The Balaban J connectivity index is 2.68. The Morgan fingerprint density at radius 2 is 1.52 bits per heavy atom. The highest BCUT2D eigenvalue weighted by Gasteiger charge is 2.40. The first-order chi connectivity index (χ1) is 22.8. The summed E-state index contributed by atoms with van der Waals surface area (Å²) >= 11 is 0. The van der Waals surface area contributed by atoms with Crippen molar-refractivity contribution >= 4 is 17.7 Å². The Morgan fingerprint density at radius 3 is 2.04 bits per heavy atom. The number of likely N-dealkylation sites (tertiary alicyclic amines) is 1. The standard InChI is InChI=1S/C34H67N5O9/c1-11-26(4)31(28(43-9)23-29(40)39-14-12-13-27(39)32(44-10)25(2)3)38(8)30(41)24-36-33(42)34(5,6)37(7)15-16-45-17-18-46-19-20-47-21-22-48-35/h25-28,31-32H,11-24,35H2,1-10H3,(H,36,42). The lowest BCUT2D eigenvalue weighted by Crippen LogP contribution is -2.57. The molecule has 0 aromatic rings. The third-order valence-corrected chi connectivity index (χ3v) is 9.63. The van der Waals surface area contributed by atoms with Crippen molar-refractivity contribution in [2.75, 3.05) is 94.2 Å². The molecule has 1 saturated heterocycles. The van der Waals surface area contributed by atoms with E-state index < -0.39 is 11.6 Å². The van der Waals surface area contributed by atoms with Gasteiger partial charge in [0.15, 0.2) is 0 Å². The largest absolute Gasteiger partial charge is 0.379 e. The van der Waals surface area contributed by atoms with Crippen molar-refractivity contribution in [1.29, 1.82) is 0 Å². The first-order valence-corrected chi connectivity index (χ1v) is 17.4. The van der Waals surface area contributed by atoms with Gasteiger partial charge in [-0.2, -0.15) is 0 Å². The van der Waals surface area contributed by atoms with Crippen molar-refractivity contribution in [2.45, 2.75) is 97.1 Å². The molecule has 1 rings (SSSR count). The van der Waals surface area contributed by atoms with Crippen LogP contribution in [0.5, 0.6) is 0 Å². The van der Waals surface area contributed by atoms with Gasteiger partial charge < -0.3 is 43.6 Å². The number of hydrogen-bond acceptors (Lipinski definition) is 11. The van der Waals surface area contributed by atoms with E-state index in [0.717, 1.165) is 19.3 Å². The van der Waals surface area contributed by atoms with E-state index in [2.05, 4.69) is 37.8 Å². The zero-order valence-corrected chi connectivity index (χ0v) is 31.5. The zero-order chi connectivity index (χ0) is 36.3. The van der Waals surface area contributed by atoms with E-state index in [4.69, 9.17) is 29.6 Å². The maximum atomic E-state index is 13.7. The minimum Gasteiger partial charge on any atom is -0.379 e. The summed E-state index contributed by atoms with van der Waals surface area (Å²) in [5.74, 6) is 4.76. The van der Waals surface area contributed by atoms with Crippen LogP contribution in [0.1, 0.15) is 67.2 Å². The second kappa shape index (κ2) is 23.5. The van der Waals surface area contributed by atoms with Crippen LogP contribution in [-0.2, 0) is 42.9 Å². The van der Waals surface area contributed by atoms with Crippen molar-refractivity contribution < 1.29 is 42.9 Å². The molecule has 1 fully saturated rings. The van der Waals surface area contributed by atoms with Crippen molar-refractivity contribution in [3.63, 3.8) is 0 Å². The molecule has 282 valence electrons. The van der Waals surface area contributed by atoms with Gasteiger partial charge in [-0.25, -0.2) is 5.90 Å². The second-order valence-electron chi connectivity index (χ2n) is 13.5. The number of likely N-dealkylation sites (N-methyl/N-ethyl adjacent to an activating group) is 2. The summed E-state index contributed by atoms with van der Waals surface area (Å²) in [4.78, 5) is 50.3. The molecule has 5 atom stereocenters. The van der Waals surface area contributed by atoms with Crippen LogP contribution in [-0.4, -0.2) is 156 Å². The maximum absolute atomic E-state index is 13.7. The lowest BCUT2D eigenvalue weighted by molar-refractivity contribution is -0.144. The monoisotopic (exact) mass is 689 g/mol. The third kappa shape index (κ3) is 14.1. The van der Waals surface area contributed by atoms with E-state index >= 15 is 0 Å². The molecule has 1 aliphatic heterocycles. The summed E-state index contributed by atoms with van der Waals surface area (Å²) in [6.45, 7) is 15.9. The van der Waals surface area contributed by atoms with Gasteiger partial charge >= 0.3 is 0 Å². The van der Waals surface area contributed by atoms with Crippen LogP contribution < -0.4 is 11.2 Å². The molecular weight excluding hydrogens is 622 g/mol. The number of carbonyl (C=O) groups is 3. The van der Waals surface area contributed by atoms with Gasteiger partial charge in [0, 0.05) is 34.4 Å². The number of hydrogen-bond donors (Lipinski definition) is 2. The number of carbonyl (C=O) groups excluding carboxylic acids is 3. The topological polar surface area (TPSA) is 154 Å². The fraction of sp³-hybridized carbons (Fsp3) is 0.912. The molecular formula is C34H67N5O9. The average Bonchev–Trinajstić information content (AvgIpc) is 3.54. The molecule has 0 spiro atoms. The lowest BCUT2D eigenvalue weighted by Gasteiger charge is -2.39. The molecule has 0 aromatic carbocycles. The molecule has 1 heterocycles. The Kier molecular flexibility index (Phi) is 21.6. The van der Waals surface area contributed by atoms with Crippen LogP contribution in [0.2, 0.25) is 0 Å². The van der Waals surface area contributed by atoms with Gasteiger partial charge in [0.1, 0.15) is 0 Å². The van der Waals surface area contributed by atoms with E-state index in [9.17, 15) is 14.4 Å². The molecule has 14 heteroatoms. The van der Waals surface area contributed by atoms with Gasteiger partial charge in [-0.3, -0.25) is 19.3 Å². The van der Waals surface area contributed by atoms with Gasteiger partial charge in [-0.1, -0.05) is 34.1 Å². The van der Waals surface area contributed by atoms with E-state index in [-0.39, 0.29) is 60.7 Å². The lowest BCUT2D eigenvalue weighted by atomic mass is 9.90. The summed E-state index contributed by atoms with van der Waals surface area (Å²) in [5, 5.41) is 2.83. The Labute approximate surface area is 289 Å². The Bertz CT molecular complexity index is 925. The van der Waals surface area contributed by atoms with Gasteiger partial charge in [0.2, 0.25) is 17.7 Å². The molecule has 0 aliphatic carbocycles. The van der Waals surface area contributed by atoms with Gasteiger partial charge in [0.05, 0.1) is 89.0 Å². The number of methoxy groups -OCH3 is 2. The zero-order valence-electron chi connectivity index (χ0n) is 31.5. The molecule has 3 amide bonds. The number of nitrogens with zero attached hydrogens (tertiary/aromatic N) is 3. The van der Waals surface area contributed by atoms with Crippen molar-refractivity contribution in [3.8, 4) is 0 Å². The van der Waals surface area contributed by atoms with E-state index in [1.807, 2.05) is 30.7 Å². The first kappa shape index (κ1) is 44.1. The second-order valence-corrected chi connectivity index (χ2v) is 13.5. The summed E-state index contributed by atoms with van der Waals surface area (Å²) in [7, 11) is 6.86. The smallest absolute Gasteiger partial charge is 0.242 e. The average molecular weight is 690 g/mol. The van der Waals surface area contributed by atoms with E-state index in [0.29, 0.717) is 59.3 Å². The fourth-order valence-electron chi connectivity index (χ4n) is 6.16. The van der Waals surface area contributed by atoms with Crippen LogP contribution in [0.3, 0.4) is 0 Å². The van der Waals surface area contributed by atoms with Crippen LogP contribution >= 0.6 is 0 Å². The van der Waals surface area contributed by atoms with E-state index in [1.54, 1.807) is 26.2 Å². The van der Waals surface area contributed by atoms with Gasteiger partial charge in [-0.15, -0.1) is 0 Å². The molecule has 0 saturated carbocycles. The van der Waals surface area contributed by atoms with Crippen LogP contribution in [0.4, 0.5) is 0 Å².